The zero-order valence-corrected chi connectivity index (χ0v) is 11.2. The van der Waals surface area contributed by atoms with Crippen molar-refractivity contribution in [2.45, 2.75) is 11.4 Å². The van der Waals surface area contributed by atoms with Crippen molar-refractivity contribution in [1.82, 2.24) is 9.97 Å². The van der Waals surface area contributed by atoms with Gasteiger partial charge in [0.05, 0.1) is 4.90 Å². The van der Waals surface area contributed by atoms with E-state index in [-0.39, 0.29) is 5.95 Å². The van der Waals surface area contributed by atoms with Gasteiger partial charge in [0.1, 0.15) is 5.82 Å². The van der Waals surface area contributed by atoms with Gasteiger partial charge in [-0.05, 0) is 23.8 Å². The number of benzene rings is 1. The molecule has 19 heavy (non-hydrogen) atoms. The molecule has 7 heteroatoms. The van der Waals surface area contributed by atoms with Crippen LogP contribution in [-0.2, 0) is 16.4 Å². The van der Waals surface area contributed by atoms with E-state index >= 15 is 0 Å². The van der Waals surface area contributed by atoms with Crippen LogP contribution in [-0.4, -0.2) is 24.6 Å². The van der Waals surface area contributed by atoms with Crippen LogP contribution in [0.2, 0.25) is 0 Å². The minimum Gasteiger partial charge on any atom is -0.368 e. The Labute approximate surface area is 111 Å². The number of aromatic nitrogens is 2. The van der Waals surface area contributed by atoms with Crippen LogP contribution in [0.5, 0.6) is 0 Å². The Balaban J connectivity index is 2.05. The third-order valence-electron chi connectivity index (χ3n) is 2.50. The highest BCUT2D eigenvalue weighted by molar-refractivity contribution is 7.90. The van der Waals surface area contributed by atoms with E-state index < -0.39 is 9.84 Å². The third-order valence-corrected chi connectivity index (χ3v) is 3.63. The lowest BCUT2D eigenvalue weighted by atomic mass is 10.2. The quantitative estimate of drug-likeness (QED) is 0.868. The van der Waals surface area contributed by atoms with E-state index in [1.54, 1.807) is 36.5 Å². The minimum atomic E-state index is -3.15. The maximum atomic E-state index is 11.3. The first-order valence-electron chi connectivity index (χ1n) is 5.56. The van der Waals surface area contributed by atoms with E-state index in [2.05, 4.69) is 15.3 Å². The fraction of sp³-hybridized carbons (Fsp3) is 0.167. The van der Waals surface area contributed by atoms with Crippen molar-refractivity contribution in [2.75, 3.05) is 17.3 Å². The number of nitrogens with zero attached hydrogens (tertiary/aromatic N) is 2. The number of sulfone groups is 1. The fourth-order valence-corrected chi connectivity index (χ4v) is 2.15. The van der Waals surface area contributed by atoms with E-state index in [0.29, 0.717) is 17.3 Å². The van der Waals surface area contributed by atoms with Gasteiger partial charge < -0.3 is 11.1 Å². The Hall–Kier alpha value is -2.15. The van der Waals surface area contributed by atoms with Crippen LogP contribution >= 0.6 is 0 Å². The van der Waals surface area contributed by atoms with Gasteiger partial charge in [-0.1, -0.05) is 12.1 Å². The van der Waals surface area contributed by atoms with Gasteiger partial charge in [-0.15, -0.1) is 0 Å². The molecule has 2 aromatic rings. The summed E-state index contributed by atoms with van der Waals surface area (Å²) in [5.74, 6) is 0.831. The van der Waals surface area contributed by atoms with Gasteiger partial charge in [-0.3, -0.25) is 0 Å². The predicted molar refractivity (Wildman–Crippen MR) is 73.3 cm³/mol. The Kier molecular flexibility index (Phi) is 3.66. The standard InChI is InChI=1S/C12H14N4O2S/c1-19(17,18)10-4-2-9(3-5-10)8-15-11-6-7-14-12(13)16-11/h2-7H,8H2,1H3,(H3,13,14,15,16). The molecule has 1 heterocycles. The smallest absolute Gasteiger partial charge is 0.221 e. The number of hydrogen-bond acceptors (Lipinski definition) is 6. The number of nitrogens with one attached hydrogen (secondary N) is 1. The lowest BCUT2D eigenvalue weighted by Crippen LogP contribution is -2.04. The van der Waals surface area contributed by atoms with Crippen LogP contribution in [0.1, 0.15) is 5.56 Å². The third kappa shape index (κ3) is 3.65. The Morgan fingerprint density at radius 2 is 1.89 bits per heavy atom. The maximum Gasteiger partial charge on any atom is 0.221 e. The molecule has 1 aromatic heterocycles. The van der Waals surface area contributed by atoms with E-state index in [0.717, 1.165) is 5.56 Å². The van der Waals surface area contributed by atoms with E-state index in [1.807, 2.05) is 0 Å². The van der Waals surface area contributed by atoms with Gasteiger partial charge in [0.2, 0.25) is 5.95 Å². The molecule has 0 saturated heterocycles. The summed E-state index contributed by atoms with van der Waals surface area (Å²) < 4.78 is 22.6. The molecule has 0 aliphatic heterocycles. The SMILES string of the molecule is CS(=O)(=O)c1ccc(CNc2ccnc(N)n2)cc1. The van der Waals surface area contributed by atoms with Crippen molar-refractivity contribution in [3.8, 4) is 0 Å². The lowest BCUT2D eigenvalue weighted by Gasteiger charge is -2.06. The van der Waals surface area contributed by atoms with Crippen LogP contribution in [0.25, 0.3) is 0 Å². The molecule has 0 bridgehead atoms. The minimum absolute atomic E-state index is 0.206. The van der Waals surface area contributed by atoms with Crippen molar-refractivity contribution in [1.29, 1.82) is 0 Å². The fourth-order valence-electron chi connectivity index (χ4n) is 1.52. The second-order valence-electron chi connectivity index (χ2n) is 4.07. The van der Waals surface area contributed by atoms with Crippen LogP contribution in [0.15, 0.2) is 41.4 Å². The molecule has 0 unspecified atom stereocenters. The average molecular weight is 278 g/mol. The molecule has 0 saturated carbocycles. The van der Waals surface area contributed by atoms with Gasteiger partial charge in [0, 0.05) is 19.0 Å². The zero-order chi connectivity index (χ0) is 13.9. The average Bonchev–Trinajstić information content (AvgIpc) is 2.36. The summed E-state index contributed by atoms with van der Waals surface area (Å²) in [7, 11) is -3.15. The normalized spacial score (nSPS) is 11.2. The van der Waals surface area contributed by atoms with Gasteiger partial charge in [-0.2, -0.15) is 4.98 Å². The molecule has 2 rings (SSSR count). The lowest BCUT2D eigenvalue weighted by molar-refractivity contribution is 0.602. The Morgan fingerprint density at radius 1 is 1.21 bits per heavy atom. The first-order chi connectivity index (χ1) is 8.95. The number of nitrogen functional groups attached to an aromatic ring is 1. The molecular formula is C12H14N4O2S. The van der Waals surface area contributed by atoms with Crippen molar-refractivity contribution >= 4 is 21.6 Å². The molecule has 6 nitrogen and oxygen atoms in total. The number of nitrogens with two attached hydrogens (primary N) is 1. The molecule has 0 radical (unpaired) electrons. The molecule has 0 spiro atoms. The number of rotatable bonds is 4. The van der Waals surface area contributed by atoms with Crippen LogP contribution < -0.4 is 11.1 Å². The molecular weight excluding hydrogens is 264 g/mol. The van der Waals surface area contributed by atoms with Gasteiger partial charge >= 0.3 is 0 Å². The summed E-state index contributed by atoms with van der Waals surface area (Å²) in [6, 6.07) is 8.39. The molecule has 1 aromatic carbocycles. The van der Waals surface area contributed by atoms with Crippen molar-refractivity contribution in [2.24, 2.45) is 0 Å². The maximum absolute atomic E-state index is 11.3. The largest absolute Gasteiger partial charge is 0.368 e. The second-order valence-corrected chi connectivity index (χ2v) is 6.09. The van der Waals surface area contributed by atoms with E-state index in [9.17, 15) is 8.42 Å². The summed E-state index contributed by atoms with van der Waals surface area (Å²) in [5, 5.41) is 3.08. The summed E-state index contributed by atoms with van der Waals surface area (Å²) in [5.41, 5.74) is 6.42. The highest BCUT2D eigenvalue weighted by Crippen LogP contribution is 2.12. The molecule has 0 atom stereocenters. The highest BCUT2D eigenvalue weighted by Gasteiger charge is 2.06. The van der Waals surface area contributed by atoms with Gasteiger partial charge in [0.25, 0.3) is 0 Å². The summed E-state index contributed by atoms with van der Waals surface area (Å²) in [4.78, 5) is 8.11. The molecule has 3 N–H and O–H groups in total. The zero-order valence-electron chi connectivity index (χ0n) is 10.4. The first kappa shape index (κ1) is 13.3. The first-order valence-corrected chi connectivity index (χ1v) is 7.46. The Morgan fingerprint density at radius 3 is 2.47 bits per heavy atom. The molecule has 0 amide bonds. The second kappa shape index (κ2) is 5.23. The number of hydrogen-bond donors (Lipinski definition) is 2. The van der Waals surface area contributed by atoms with Crippen LogP contribution in [0.3, 0.4) is 0 Å². The van der Waals surface area contributed by atoms with Crippen LogP contribution in [0.4, 0.5) is 11.8 Å². The summed E-state index contributed by atoms with van der Waals surface area (Å²) >= 11 is 0. The van der Waals surface area contributed by atoms with Gasteiger partial charge in [0.15, 0.2) is 9.84 Å². The number of anilines is 2. The molecule has 0 aliphatic rings. The molecule has 0 aliphatic carbocycles. The molecule has 0 fully saturated rings. The van der Waals surface area contributed by atoms with Crippen LogP contribution in [0, 0.1) is 0 Å². The topological polar surface area (TPSA) is 98.0 Å². The summed E-state index contributed by atoms with van der Waals surface area (Å²) in [6.45, 7) is 0.528. The Bertz CT molecular complexity index is 668. The predicted octanol–water partition coefficient (Wildman–Crippen LogP) is 1.07. The molecule has 100 valence electrons. The van der Waals surface area contributed by atoms with Crippen molar-refractivity contribution in [3.63, 3.8) is 0 Å². The van der Waals surface area contributed by atoms with Crippen molar-refractivity contribution in [3.05, 3.63) is 42.1 Å². The van der Waals surface area contributed by atoms with Crippen molar-refractivity contribution < 1.29 is 8.42 Å². The monoisotopic (exact) mass is 278 g/mol. The van der Waals surface area contributed by atoms with Gasteiger partial charge in [-0.25, -0.2) is 13.4 Å². The summed E-state index contributed by atoms with van der Waals surface area (Å²) in [6.07, 6.45) is 2.75. The van der Waals surface area contributed by atoms with E-state index in [1.165, 1.54) is 6.26 Å². The highest BCUT2D eigenvalue weighted by atomic mass is 32.2. The van der Waals surface area contributed by atoms with E-state index in [4.69, 9.17) is 5.73 Å².